The zero-order valence-electron chi connectivity index (χ0n) is 10.5. The van der Waals surface area contributed by atoms with Gasteiger partial charge in [-0.05, 0) is 35.4 Å². The Morgan fingerprint density at radius 3 is 2.44 bits per heavy atom. The second kappa shape index (κ2) is 4.69. The van der Waals surface area contributed by atoms with E-state index in [0.717, 1.165) is 5.56 Å². The fourth-order valence-electron chi connectivity index (χ4n) is 2.25. The van der Waals surface area contributed by atoms with Gasteiger partial charge in [-0.1, -0.05) is 39.0 Å². The van der Waals surface area contributed by atoms with E-state index in [2.05, 4.69) is 33.8 Å². The van der Waals surface area contributed by atoms with Gasteiger partial charge in [-0.3, -0.25) is 4.79 Å². The predicted molar refractivity (Wildman–Crippen MR) is 65.8 cm³/mol. The van der Waals surface area contributed by atoms with Crippen LogP contribution in [0.15, 0.2) is 18.2 Å². The molecule has 0 aliphatic carbocycles. The molecule has 16 heavy (non-hydrogen) atoms. The van der Waals surface area contributed by atoms with E-state index < -0.39 is 5.97 Å². The molecular weight excluding hydrogens is 200 g/mol. The Hall–Kier alpha value is -1.31. The van der Waals surface area contributed by atoms with Gasteiger partial charge < -0.3 is 5.11 Å². The molecule has 88 valence electrons. The minimum atomic E-state index is -0.735. The molecule has 1 aromatic carbocycles. The van der Waals surface area contributed by atoms with Gasteiger partial charge in [0.2, 0.25) is 0 Å². The lowest BCUT2D eigenvalue weighted by Gasteiger charge is -2.25. The Kier molecular flexibility index (Phi) is 3.74. The number of hydrogen-bond acceptors (Lipinski definition) is 1. The molecule has 2 nitrogen and oxygen atoms in total. The van der Waals surface area contributed by atoms with Crippen molar-refractivity contribution in [3.8, 4) is 0 Å². The van der Waals surface area contributed by atoms with Gasteiger partial charge in [0.1, 0.15) is 0 Å². The molecule has 0 fully saturated rings. The number of aryl methyl sites for hydroxylation is 2. The molecule has 0 heterocycles. The molecule has 0 saturated heterocycles. The molecule has 0 aromatic heterocycles. The summed E-state index contributed by atoms with van der Waals surface area (Å²) in [6, 6.07) is 6.13. The maximum atomic E-state index is 10.6. The lowest BCUT2D eigenvalue weighted by molar-refractivity contribution is -0.136. The SMILES string of the molecule is Cc1cccc(CCC(=O)O)c1C(C)(C)C. The molecule has 0 spiro atoms. The zero-order valence-corrected chi connectivity index (χ0v) is 10.5. The summed E-state index contributed by atoms with van der Waals surface area (Å²) in [5, 5.41) is 8.74. The van der Waals surface area contributed by atoms with Crippen LogP contribution in [0.2, 0.25) is 0 Å². The van der Waals surface area contributed by atoms with E-state index in [0.29, 0.717) is 6.42 Å². The third-order valence-corrected chi connectivity index (χ3v) is 2.72. The molecule has 1 aromatic rings. The summed E-state index contributed by atoms with van der Waals surface area (Å²) in [5.41, 5.74) is 3.76. The quantitative estimate of drug-likeness (QED) is 0.848. The van der Waals surface area contributed by atoms with Crippen molar-refractivity contribution in [1.82, 2.24) is 0 Å². The van der Waals surface area contributed by atoms with E-state index in [-0.39, 0.29) is 11.8 Å². The van der Waals surface area contributed by atoms with E-state index in [9.17, 15) is 4.79 Å². The van der Waals surface area contributed by atoms with Crippen molar-refractivity contribution in [3.05, 3.63) is 34.9 Å². The van der Waals surface area contributed by atoms with Crippen LogP contribution >= 0.6 is 0 Å². The minimum Gasteiger partial charge on any atom is -0.481 e. The number of carbonyl (C=O) groups is 1. The topological polar surface area (TPSA) is 37.3 Å². The molecule has 2 heteroatoms. The van der Waals surface area contributed by atoms with Crippen LogP contribution in [0.5, 0.6) is 0 Å². The van der Waals surface area contributed by atoms with Gasteiger partial charge >= 0.3 is 5.97 Å². The third kappa shape index (κ3) is 3.09. The number of aliphatic carboxylic acids is 1. The van der Waals surface area contributed by atoms with Gasteiger partial charge in [0.05, 0.1) is 0 Å². The summed E-state index contributed by atoms with van der Waals surface area (Å²) in [4.78, 5) is 10.6. The summed E-state index contributed by atoms with van der Waals surface area (Å²) >= 11 is 0. The highest BCUT2D eigenvalue weighted by atomic mass is 16.4. The highest BCUT2D eigenvalue weighted by Gasteiger charge is 2.19. The van der Waals surface area contributed by atoms with Crippen LogP contribution in [0.25, 0.3) is 0 Å². The van der Waals surface area contributed by atoms with Crippen molar-refractivity contribution in [2.75, 3.05) is 0 Å². The largest absolute Gasteiger partial charge is 0.481 e. The van der Waals surface area contributed by atoms with Crippen LogP contribution in [-0.4, -0.2) is 11.1 Å². The van der Waals surface area contributed by atoms with Crippen LogP contribution in [-0.2, 0) is 16.6 Å². The van der Waals surface area contributed by atoms with Crippen LogP contribution in [0.4, 0.5) is 0 Å². The fraction of sp³-hybridized carbons (Fsp3) is 0.500. The molecule has 1 N–H and O–H groups in total. The van der Waals surface area contributed by atoms with E-state index in [4.69, 9.17) is 5.11 Å². The Morgan fingerprint density at radius 1 is 1.31 bits per heavy atom. The fourth-order valence-corrected chi connectivity index (χ4v) is 2.25. The third-order valence-electron chi connectivity index (χ3n) is 2.72. The van der Waals surface area contributed by atoms with E-state index in [1.165, 1.54) is 11.1 Å². The van der Waals surface area contributed by atoms with Crippen LogP contribution in [0, 0.1) is 6.92 Å². The van der Waals surface area contributed by atoms with E-state index in [1.54, 1.807) is 0 Å². The standard InChI is InChI=1S/C14H20O2/c1-10-6-5-7-11(8-9-12(15)16)13(10)14(2,3)4/h5-7H,8-9H2,1-4H3,(H,15,16). The molecule has 0 saturated carbocycles. The first-order valence-electron chi connectivity index (χ1n) is 5.63. The number of carboxylic acids is 1. The molecular formula is C14H20O2. The molecule has 0 bridgehead atoms. The van der Waals surface area contributed by atoms with Crippen molar-refractivity contribution < 1.29 is 9.90 Å². The first-order valence-corrected chi connectivity index (χ1v) is 5.63. The Balaban J connectivity index is 3.08. The van der Waals surface area contributed by atoms with Gasteiger partial charge in [0.15, 0.2) is 0 Å². The number of benzene rings is 1. The molecule has 0 aliphatic rings. The number of rotatable bonds is 3. The van der Waals surface area contributed by atoms with E-state index in [1.807, 2.05) is 12.1 Å². The normalized spacial score (nSPS) is 11.5. The van der Waals surface area contributed by atoms with Crippen molar-refractivity contribution in [1.29, 1.82) is 0 Å². The average molecular weight is 220 g/mol. The molecule has 0 radical (unpaired) electrons. The molecule has 0 amide bonds. The first kappa shape index (κ1) is 12.8. The first-order chi connectivity index (χ1) is 7.32. The second-order valence-corrected chi connectivity index (χ2v) is 5.25. The molecule has 1 rings (SSSR count). The van der Waals surface area contributed by atoms with Crippen molar-refractivity contribution >= 4 is 5.97 Å². The summed E-state index contributed by atoms with van der Waals surface area (Å²) in [6.07, 6.45) is 0.816. The minimum absolute atomic E-state index is 0.0686. The van der Waals surface area contributed by atoms with Gasteiger partial charge in [-0.15, -0.1) is 0 Å². The summed E-state index contributed by atoms with van der Waals surface area (Å²) in [6.45, 7) is 8.59. The van der Waals surface area contributed by atoms with Crippen molar-refractivity contribution in [3.63, 3.8) is 0 Å². The highest BCUT2D eigenvalue weighted by Crippen LogP contribution is 2.29. The zero-order chi connectivity index (χ0) is 12.3. The maximum Gasteiger partial charge on any atom is 0.303 e. The monoisotopic (exact) mass is 220 g/mol. The van der Waals surface area contributed by atoms with Crippen LogP contribution < -0.4 is 0 Å². The summed E-state index contributed by atoms with van der Waals surface area (Å²) in [7, 11) is 0. The lowest BCUT2D eigenvalue weighted by Crippen LogP contribution is -2.16. The molecule has 0 atom stereocenters. The lowest BCUT2D eigenvalue weighted by atomic mass is 9.80. The molecule has 0 unspecified atom stereocenters. The summed E-state index contributed by atoms with van der Waals surface area (Å²) < 4.78 is 0. The molecule has 0 aliphatic heterocycles. The second-order valence-electron chi connectivity index (χ2n) is 5.25. The van der Waals surface area contributed by atoms with Gasteiger partial charge in [-0.25, -0.2) is 0 Å². The van der Waals surface area contributed by atoms with Gasteiger partial charge in [-0.2, -0.15) is 0 Å². The van der Waals surface area contributed by atoms with Crippen molar-refractivity contribution in [2.45, 2.75) is 46.0 Å². The number of hydrogen-bond donors (Lipinski definition) is 1. The Bertz CT molecular complexity index is 386. The number of carboxylic acid groups (broad SMARTS) is 1. The maximum absolute atomic E-state index is 10.6. The van der Waals surface area contributed by atoms with Crippen molar-refractivity contribution in [2.24, 2.45) is 0 Å². The average Bonchev–Trinajstić information content (AvgIpc) is 2.12. The van der Waals surface area contributed by atoms with E-state index >= 15 is 0 Å². The predicted octanol–water partition coefficient (Wildman–Crippen LogP) is 3.31. The van der Waals surface area contributed by atoms with Gasteiger partial charge in [0, 0.05) is 6.42 Å². The smallest absolute Gasteiger partial charge is 0.303 e. The van der Waals surface area contributed by atoms with Crippen LogP contribution in [0.1, 0.15) is 43.9 Å². The van der Waals surface area contributed by atoms with Crippen LogP contribution in [0.3, 0.4) is 0 Å². The highest BCUT2D eigenvalue weighted by molar-refractivity contribution is 5.67. The Morgan fingerprint density at radius 2 is 1.94 bits per heavy atom. The Labute approximate surface area is 97.3 Å². The van der Waals surface area contributed by atoms with Gasteiger partial charge in [0.25, 0.3) is 0 Å². The summed E-state index contributed by atoms with van der Waals surface area (Å²) in [5.74, 6) is -0.735.